The summed E-state index contributed by atoms with van der Waals surface area (Å²) in [7, 11) is 0. The molecule has 0 saturated heterocycles. The van der Waals surface area contributed by atoms with E-state index in [1.807, 2.05) is 18.5 Å². The molecule has 3 heterocycles. The first kappa shape index (κ1) is 58.6. The molecule has 0 unspecified atom stereocenters. The van der Waals surface area contributed by atoms with Gasteiger partial charge in [0.15, 0.2) is 0 Å². The first-order valence-corrected chi connectivity index (χ1v) is 33.2. The van der Waals surface area contributed by atoms with Gasteiger partial charge in [0.25, 0.3) is 0 Å². The minimum absolute atomic E-state index is 0. The number of para-hydroxylation sites is 5. The van der Waals surface area contributed by atoms with Crippen molar-refractivity contribution >= 4 is 97.5 Å². The molecule has 19 aromatic rings. The van der Waals surface area contributed by atoms with Crippen LogP contribution in [0.2, 0.25) is 0 Å². The number of hydrogen-bond acceptors (Lipinski definition) is 2. The minimum atomic E-state index is 0. The molecule has 0 saturated carbocycles. The van der Waals surface area contributed by atoms with Gasteiger partial charge in [0.05, 0.1) is 22.1 Å². The second-order valence-corrected chi connectivity index (χ2v) is 26.4. The van der Waals surface area contributed by atoms with Crippen molar-refractivity contribution in [3.05, 3.63) is 339 Å². The standard InChI is InChI=1S/C49H36N2.C43H28N2.CH4/c1-49(2,3)37-26-34-21-23-41-43(32-19-17-31(18-20-32)36-11-9-25-50-30-36)29-44(42-24-22-35(27-37)47(34)48(41)42)33-10-8-12-38(28-33)51-45-15-6-4-13-39(45)40-14-5-7-16-46(40)51;1-2-14-34(15-3-1)45-40-21-11-10-20-39(40)44-43(45)31-25-23-30(24-26-31)41-35-16-6-8-18-37(35)42(38-19-9-7-17-36(38)41)33-27-22-29-12-4-5-13-32(29)28-33;/h4-30H,1-3H3;1-28H;1H4. The van der Waals surface area contributed by atoms with Crippen molar-refractivity contribution in [3.8, 4) is 78.4 Å². The third-order valence-electron chi connectivity index (χ3n) is 19.7. The zero-order chi connectivity index (χ0) is 64.0. The first-order valence-electron chi connectivity index (χ1n) is 33.2. The molecule has 0 aliphatic carbocycles. The summed E-state index contributed by atoms with van der Waals surface area (Å²) >= 11 is 0. The van der Waals surface area contributed by atoms with Gasteiger partial charge in [-0.05, 0) is 198 Å². The quantitative estimate of drug-likeness (QED) is 0.112. The highest BCUT2D eigenvalue weighted by atomic mass is 15.1. The van der Waals surface area contributed by atoms with E-state index in [0.29, 0.717) is 0 Å². The van der Waals surface area contributed by atoms with Crippen LogP contribution in [0.5, 0.6) is 0 Å². The van der Waals surface area contributed by atoms with Gasteiger partial charge in [-0.25, -0.2) is 4.98 Å². The Morgan fingerprint density at radius 3 is 1.41 bits per heavy atom. The Hall–Kier alpha value is -12.2. The molecular formula is C93H68N4. The van der Waals surface area contributed by atoms with Crippen molar-refractivity contribution in [3.63, 3.8) is 0 Å². The second kappa shape index (κ2) is 23.6. The van der Waals surface area contributed by atoms with Crippen molar-refractivity contribution in [2.45, 2.75) is 33.6 Å². The largest absolute Gasteiger partial charge is 0.309 e. The highest BCUT2D eigenvalue weighted by molar-refractivity contribution is 6.29. The Morgan fingerprint density at radius 1 is 0.289 bits per heavy atom. The van der Waals surface area contributed by atoms with Crippen LogP contribution in [0.1, 0.15) is 33.8 Å². The molecule has 0 aliphatic heterocycles. The van der Waals surface area contributed by atoms with E-state index in [1.165, 1.54) is 142 Å². The number of rotatable bonds is 8. The number of aromatic nitrogens is 4. The van der Waals surface area contributed by atoms with Crippen molar-refractivity contribution in [2.75, 3.05) is 0 Å². The molecule has 0 atom stereocenters. The van der Waals surface area contributed by atoms with Gasteiger partial charge < -0.3 is 4.57 Å². The molecule has 3 aromatic heterocycles. The topological polar surface area (TPSA) is 35.6 Å². The average molecular weight is 1240 g/mol. The second-order valence-electron chi connectivity index (χ2n) is 26.4. The zero-order valence-corrected chi connectivity index (χ0v) is 53.5. The molecule has 0 bridgehead atoms. The molecule has 0 fully saturated rings. The van der Waals surface area contributed by atoms with Crippen LogP contribution in [0.4, 0.5) is 0 Å². The molecule has 0 radical (unpaired) electrons. The van der Waals surface area contributed by atoms with Crippen LogP contribution >= 0.6 is 0 Å². The first-order chi connectivity index (χ1) is 47.3. The fraction of sp³-hybridized carbons (Fsp3) is 0.0538. The molecule has 97 heavy (non-hydrogen) atoms. The lowest BCUT2D eigenvalue weighted by Crippen LogP contribution is -2.10. The van der Waals surface area contributed by atoms with Crippen LogP contribution in [0.15, 0.2) is 334 Å². The van der Waals surface area contributed by atoms with E-state index in [2.05, 4.69) is 350 Å². The van der Waals surface area contributed by atoms with Crippen LogP contribution in [0.25, 0.3) is 176 Å². The predicted molar refractivity (Wildman–Crippen MR) is 414 cm³/mol. The smallest absolute Gasteiger partial charge is 0.145 e. The lowest BCUT2D eigenvalue weighted by Gasteiger charge is -2.23. The number of imidazole rings is 1. The Bertz CT molecular complexity index is 6080. The summed E-state index contributed by atoms with van der Waals surface area (Å²) < 4.78 is 4.67. The van der Waals surface area contributed by atoms with Crippen LogP contribution in [0, 0.1) is 0 Å². The number of benzene rings is 16. The van der Waals surface area contributed by atoms with E-state index in [-0.39, 0.29) is 12.8 Å². The van der Waals surface area contributed by atoms with Crippen molar-refractivity contribution in [2.24, 2.45) is 0 Å². The molecule has 19 rings (SSSR count). The third-order valence-corrected chi connectivity index (χ3v) is 19.7. The third kappa shape index (κ3) is 9.99. The highest BCUT2D eigenvalue weighted by Gasteiger charge is 2.23. The Kier molecular flexibility index (Phi) is 14.3. The molecule has 4 nitrogen and oxygen atoms in total. The number of pyridine rings is 1. The summed E-state index contributed by atoms with van der Waals surface area (Å²) in [6.45, 7) is 6.90. The summed E-state index contributed by atoms with van der Waals surface area (Å²) in [6, 6.07) is 117. The van der Waals surface area contributed by atoms with Gasteiger partial charge in [-0.1, -0.05) is 283 Å². The molecule has 460 valence electrons. The number of nitrogens with zero attached hydrogens (tertiary/aromatic N) is 4. The average Bonchev–Trinajstić information content (AvgIpc) is 1.50. The predicted octanol–water partition coefficient (Wildman–Crippen LogP) is 25.5. The van der Waals surface area contributed by atoms with Crippen molar-refractivity contribution in [1.29, 1.82) is 0 Å². The molecule has 0 amide bonds. The van der Waals surface area contributed by atoms with E-state index >= 15 is 0 Å². The van der Waals surface area contributed by atoms with E-state index in [1.54, 1.807) is 0 Å². The lowest BCUT2D eigenvalue weighted by molar-refractivity contribution is 0.591. The maximum atomic E-state index is 5.09. The van der Waals surface area contributed by atoms with Gasteiger partial charge in [0.1, 0.15) is 5.82 Å². The van der Waals surface area contributed by atoms with Gasteiger partial charge in [-0.3, -0.25) is 9.55 Å². The summed E-state index contributed by atoms with van der Waals surface area (Å²) in [6.07, 6.45) is 3.75. The van der Waals surface area contributed by atoms with Crippen LogP contribution in [-0.2, 0) is 5.41 Å². The summed E-state index contributed by atoms with van der Waals surface area (Å²) in [5.41, 5.74) is 21.4. The van der Waals surface area contributed by atoms with Gasteiger partial charge in [0, 0.05) is 40.1 Å². The zero-order valence-electron chi connectivity index (χ0n) is 53.5. The van der Waals surface area contributed by atoms with E-state index < -0.39 is 0 Å². The van der Waals surface area contributed by atoms with Crippen LogP contribution in [-0.4, -0.2) is 19.1 Å². The van der Waals surface area contributed by atoms with Crippen molar-refractivity contribution < 1.29 is 0 Å². The van der Waals surface area contributed by atoms with E-state index in [9.17, 15) is 0 Å². The molecule has 16 aromatic carbocycles. The minimum Gasteiger partial charge on any atom is -0.309 e. The molecule has 0 N–H and O–H groups in total. The fourth-order valence-electron chi connectivity index (χ4n) is 15.2. The maximum absolute atomic E-state index is 5.09. The highest BCUT2D eigenvalue weighted by Crippen LogP contribution is 2.48. The Balaban J connectivity index is 0.000000146. The van der Waals surface area contributed by atoms with Crippen LogP contribution in [0.3, 0.4) is 0 Å². The monoisotopic (exact) mass is 1240 g/mol. The molecule has 0 aliphatic rings. The van der Waals surface area contributed by atoms with E-state index in [0.717, 1.165) is 39.4 Å². The summed E-state index contributed by atoms with van der Waals surface area (Å²) in [4.78, 5) is 9.44. The van der Waals surface area contributed by atoms with Gasteiger partial charge in [-0.2, -0.15) is 0 Å². The van der Waals surface area contributed by atoms with Crippen molar-refractivity contribution in [1.82, 2.24) is 19.1 Å². The summed E-state index contributed by atoms with van der Waals surface area (Å²) in [5.74, 6) is 0.940. The fourth-order valence-corrected chi connectivity index (χ4v) is 15.2. The maximum Gasteiger partial charge on any atom is 0.145 e. The summed E-state index contributed by atoms with van der Waals surface area (Å²) in [5, 5.41) is 17.9. The SMILES string of the molecule is C.CC(C)(C)c1cc2ccc3c(-c4ccc(-c5cccnc5)cc4)cc(-c4cccc(-n5c6ccccc6c6ccccc65)c4)c4ccc(c1)c2c34.c1ccc(-n2c(-c3ccc(-c4c5ccccc5c(-c5ccc6ccccc6c5)c5ccccc45)cc3)nc3ccccc32)cc1. The van der Waals surface area contributed by atoms with Gasteiger partial charge in [0.2, 0.25) is 0 Å². The Morgan fingerprint density at radius 2 is 0.784 bits per heavy atom. The van der Waals surface area contributed by atoms with Gasteiger partial charge >= 0.3 is 0 Å². The normalized spacial score (nSPS) is 11.8. The number of fused-ring (bicyclic) bond motifs is 7. The molecular weight excluding hydrogens is 1170 g/mol. The number of hydrogen-bond donors (Lipinski definition) is 0. The lowest BCUT2D eigenvalue weighted by atomic mass is 9.81. The molecule has 0 spiro atoms. The van der Waals surface area contributed by atoms with Gasteiger partial charge in [-0.15, -0.1) is 0 Å². The Labute approximate surface area is 564 Å². The molecule has 4 heteroatoms. The van der Waals surface area contributed by atoms with Crippen LogP contribution < -0.4 is 0 Å². The van der Waals surface area contributed by atoms with E-state index in [4.69, 9.17) is 4.98 Å².